The average molecular weight is 269 g/mol. The van der Waals surface area contributed by atoms with Crippen LogP contribution in [-0.2, 0) is 18.6 Å². The first-order valence-corrected chi connectivity index (χ1v) is 7.89. The van der Waals surface area contributed by atoms with Gasteiger partial charge in [0.05, 0.1) is 11.9 Å². The Morgan fingerprint density at radius 3 is 2.31 bits per heavy atom. The topological polar surface area (TPSA) is 60.4 Å². The third-order valence-corrected chi connectivity index (χ3v) is 4.98. The van der Waals surface area contributed by atoms with E-state index in [1.165, 1.54) is 0 Å². The van der Waals surface area contributed by atoms with E-state index in [1.54, 1.807) is 6.92 Å². The minimum Gasteiger partial charge on any atom is -0.466 e. The van der Waals surface area contributed by atoms with E-state index in [-0.39, 0.29) is 11.9 Å². The van der Waals surface area contributed by atoms with Gasteiger partial charge in [-0.1, -0.05) is 0 Å². The van der Waals surface area contributed by atoms with Gasteiger partial charge in [0.25, 0.3) is 0 Å². The van der Waals surface area contributed by atoms with Crippen molar-refractivity contribution in [1.82, 2.24) is 0 Å². The lowest BCUT2D eigenvalue weighted by Crippen LogP contribution is -2.25. The third-order valence-electron chi connectivity index (χ3n) is 2.95. The summed E-state index contributed by atoms with van der Waals surface area (Å²) in [5, 5.41) is -0.437. The van der Waals surface area contributed by atoms with Gasteiger partial charge in [-0.2, -0.15) is 0 Å². The molecule has 1 fully saturated rings. The molecule has 0 unspecified atom stereocenters. The van der Waals surface area contributed by atoms with Crippen molar-refractivity contribution in [1.29, 1.82) is 0 Å². The summed E-state index contributed by atoms with van der Waals surface area (Å²) in [7, 11) is 1.86. The lowest BCUT2D eigenvalue weighted by molar-refractivity contribution is -0.144. The van der Waals surface area contributed by atoms with E-state index in [4.69, 9.17) is 15.4 Å². The number of hydrogen-bond donors (Lipinski definition) is 0. The molecule has 0 aromatic heterocycles. The second-order valence-electron chi connectivity index (χ2n) is 4.13. The number of carbonyl (C=O) groups is 1. The molecule has 0 saturated heterocycles. The average Bonchev–Trinajstić information content (AvgIpc) is 2.17. The van der Waals surface area contributed by atoms with Crippen LogP contribution in [0, 0.1) is 5.92 Å². The van der Waals surface area contributed by atoms with Gasteiger partial charge in [0.15, 0.2) is 0 Å². The van der Waals surface area contributed by atoms with Gasteiger partial charge in [0.2, 0.25) is 9.05 Å². The van der Waals surface area contributed by atoms with Gasteiger partial charge in [-0.3, -0.25) is 4.79 Å². The summed E-state index contributed by atoms with van der Waals surface area (Å²) in [6, 6.07) is 0. The number of carbonyl (C=O) groups excluding carboxylic acids is 1. The van der Waals surface area contributed by atoms with E-state index in [0.717, 1.165) is 12.8 Å². The van der Waals surface area contributed by atoms with Crippen molar-refractivity contribution in [3.05, 3.63) is 0 Å². The summed E-state index contributed by atoms with van der Waals surface area (Å²) < 4.78 is 27.0. The monoisotopic (exact) mass is 268 g/mol. The molecule has 16 heavy (non-hydrogen) atoms. The van der Waals surface area contributed by atoms with Crippen molar-refractivity contribution < 1.29 is 17.9 Å². The van der Waals surface area contributed by atoms with E-state index in [2.05, 4.69) is 0 Å². The number of hydrogen-bond acceptors (Lipinski definition) is 4. The van der Waals surface area contributed by atoms with Gasteiger partial charge < -0.3 is 4.74 Å². The molecule has 0 atom stereocenters. The van der Waals surface area contributed by atoms with E-state index in [0.29, 0.717) is 25.9 Å². The summed E-state index contributed by atoms with van der Waals surface area (Å²) >= 11 is 0. The molecule has 0 N–H and O–H groups in total. The van der Waals surface area contributed by atoms with Gasteiger partial charge in [0.1, 0.15) is 0 Å². The zero-order valence-corrected chi connectivity index (χ0v) is 10.9. The molecule has 1 rings (SSSR count). The van der Waals surface area contributed by atoms with Crippen LogP contribution in [0.3, 0.4) is 0 Å². The Morgan fingerprint density at radius 2 is 1.88 bits per heavy atom. The van der Waals surface area contributed by atoms with Crippen molar-refractivity contribution in [3.63, 3.8) is 0 Å². The van der Waals surface area contributed by atoms with Crippen LogP contribution < -0.4 is 0 Å². The maximum Gasteiger partial charge on any atom is 0.306 e. The molecule has 0 aromatic rings. The summed E-state index contributed by atoms with van der Waals surface area (Å²) in [5.41, 5.74) is 0. The molecule has 0 amide bonds. The molecule has 1 saturated carbocycles. The summed E-state index contributed by atoms with van der Waals surface area (Å²) in [4.78, 5) is 11.2. The van der Waals surface area contributed by atoms with Crippen LogP contribution in [0.4, 0.5) is 0 Å². The molecule has 0 aromatic carbocycles. The van der Waals surface area contributed by atoms with Crippen LogP contribution in [0.5, 0.6) is 0 Å². The van der Waals surface area contributed by atoms with Crippen LogP contribution in [0.25, 0.3) is 0 Å². The molecule has 0 heterocycles. The van der Waals surface area contributed by atoms with E-state index >= 15 is 0 Å². The Labute approximate surface area is 101 Å². The highest BCUT2D eigenvalue weighted by Crippen LogP contribution is 2.31. The summed E-state index contributed by atoms with van der Waals surface area (Å²) in [5.74, 6) is 0.0494. The third kappa shape index (κ3) is 4.29. The fourth-order valence-corrected chi connectivity index (χ4v) is 3.44. The first-order chi connectivity index (χ1) is 7.43. The molecular weight excluding hydrogens is 252 g/mol. The fraction of sp³-hybridized carbons (Fsp3) is 0.900. The lowest BCUT2D eigenvalue weighted by Gasteiger charge is -2.25. The predicted octanol–water partition coefficient (Wildman–Crippen LogP) is 2.07. The highest BCUT2D eigenvalue weighted by Gasteiger charge is 2.30. The molecule has 1 aliphatic carbocycles. The van der Waals surface area contributed by atoms with E-state index in [1.807, 2.05) is 0 Å². The summed E-state index contributed by atoms with van der Waals surface area (Å²) in [6.07, 6.45) is 2.96. The Kier molecular flexibility index (Phi) is 5.05. The Morgan fingerprint density at radius 1 is 1.31 bits per heavy atom. The number of esters is 1. The lowest BCUT2D eigenvalue weighted by atomic mass is 9.87. The predicted molar refractivity (Wildman–Crippen MR) is 61.8 cm³/mol. The zero-order chi connectivity index (χ0) is 12.2. The molecule has 4 nitrogen and oxygen atoms in total. The second-order valence-corrected chi connectivity index (χ2v) is 7.04. The van der Waals surface area contributed by atoms with Gasteiger partial charge >= 0.3 is 5.97 Å². The molecule has 1 aliphatic rings. The van der Waals surface area contributed by atoms with Crippen molar-refractivity contribution in [3.8, 4) is 0 Å². The highest BCUT2D eigenvalue weighted by atomic mass is 35.7. The molecule has 0 radical (unpaired) electrons. The number of halogens is 1. The van der Waals surface area contributed by atoms with Gasteiger partial charge in [-0.25, -0.2) is 8.42 Å². The Balaban J connectivity index is 2.35. The van der Waals surface area contributed by atoms with Gasteiger partial charge in [-0.05, 0) is 38.5 Å². The van der Waals surface area contributed by atoms with Crippen molar-refractivity contribution >= 4 is 25.7 Å². The van der Waals surface area contributed by atoms with E-state index < -0.39 is 14.3 Å². The number of ether oxygens (including phenoxy) is 1. The maximum absolute atomic E-state index is 11.2. The minimum atomic E-state index is -3.43. The van der Waals surface area contributed by atoms with E-state index in [9.17, 15) is 13.2 Å². The zero-order valence-electron chi connectivity index (χ0n) is 9.32. The molecule has 0 aliphatic heterocycles. The van der Waals surface area contributed by atoms with Crippen LogP contribution in [0.2, 0.25) is 0 Å². The first kappa shape index (κ1) is 13.8. The number of rotatable bonds is 4. The quantitative estimate of drug-likeness (QED) is 0.578. The van der Waals surface area contributed by atoms with Crippen molar-refractivity contribution in [2.45, 2.75) is 44.3 Å². The SMILES string of the molecule is CCOC(=O)CC1CCC(S(=O)(=O)Cl)CC1. The Bertz CT molecular complexity index is 331. The molecular formula is C10H17ClO4S. The molecule has 94 valence electrons. The minimum absolute atomic E-state index is 0.195. The van der Waals surface area contributed by atoms with Gasteiger partial charge in [-0.15, -0.1) is 0 Å². The highest BCUT2D eigenvalue weighted by molar-refractivity contribution is 8.14. The summed E-state index contributed by atoms with van der Waals surface area (Å²) in [6.45, 7) is 2.17. The fourth-order valence-electron chi connectivity index (χ4n) is 2.07. The largest absolute Gasteiger partial charge is 0.466 e. The second kappa shape index (κ2) is 5.87. The van der Waals surface area contributed by atoms with Gasteiger partial charge in [0, 0.05) is 17.1 Å². The maximum atomic E-state index is 11.2. The van der Waals surface area contributed by atoms with Crippen LogP contribution in [0.15, 0.2) is 0 Å². The molecule has 6 heteroatoms. The van der Waals surface area contributed by atoms with Crippen LogP contribution >= 0.6 is 10.7 Å². The van der Waals surface area contributed by atoms with Crippen LogP contribution in [-0.4, -0.2) is 26.2 Å². The standard InChI is InChI=1S/C10H17ClO4S/c1-2-15-10(12)7-8-3-5-9(6-4-8)16(11,13)14/h8-9H,2-7H2,1H3. The molecule has 0 spiro atoms. The van der Waals surface area contributed by atoms with Crippen LogP contribution in [0.1, 0.15) is 39.0 Å². The first-order valence-electron chi connectivity index (χ1n) is 5.52. The smallest absolute Gasteiger partial charge is 0.306 e. The van der Waals surface area contributed by atoms with Crippen molar-refractivity contribution in [2.75, 3.05) is 6.61 Å². The van der Waals surface area contributed by atoms with Crippen molar-refractivity contribution in [2.24, 2.45) is 5.92 Å². The normalized spacial score (nSPS) is 26.4. The Hall–Kier alpha value is -0.290. The molecule has 0 bridgehead atoms.